The summed E-state index contributed by atoms with van der Waals surface area (Å²) in [5.41, 5.74) is 0. The molecule has 0 spiro atoms. The molecule has 3 nitrogen and oxygen atoms in total. The zero-order chi connectivity index (χ0) is 11.6. The van der Waals surface area contributed by atoms with Gasteiger partial charge in [0.15, 0.2) is 0 Å². The first-order chi connectivity index (χ1) is 7.86. The summed E-state index contributed by atoms with van der Waals surface area (Å²) >= 11 is 2.81. The van der Waals surface area contributed by atoms with Crippen molar-refractivity contribution in [3.63, 3.8) is 0 Å². The molecule has 0 bridgehead atoms. The third kappa shape index (κ3) is 6.89. The van der Waals surface area contributed by atoms with Crippen LogP contribution in [0.5, 0.6) is 0 Å². The number of hydrogen-bond acceptors (Lipinski definition) is 3. The number of halogens is 1. The van der Waals surface area contributed by atoms with Crippen LogP contribution in [0.25, 0.3) is 0 Å². The van der Waals surface area contributed by atoms with Crippen LogP contribution in [0, 0.1) is 0 Å². The topological polar surface area (TPSA) is 27.7 Å². The van der Waals surface area contributed by atoms with E-state index in [9.17, 15) is 0 Å². The summed E-state index contributed by atoms with van der Waals surface area (Å²) in [5, 5.41) is 0. The van der Waals surface area contributed by atoms with E-state index >= 15 is 0 Å². The van der Waals surface area contributed by atoms with Crippen LogP contribution in [0.2, 0.25) is 3.93 Å². The van der Waals surface area contributed by atoms with E-state index in [0.717, 1.165) is 10.4 Å². The maximum atomic E-state index is 5.62. The van der Waals surface area contributed by atoms with Gasteiger partial charge in [0.1, 0.15) is 0 Å². The molecular weight excluding hydrogens is 461 g/mol. The molecule has 0 N–H and O–H groups in total. The van der Waals surface area contributed by atoms with E-state index < -0.39 is 22.1 Å². The van der Waals surface area contributed by atoms with Gasteiger partial charge in [0, 0.05) is 0 Å². The van der Waals surface area contributed by atoms with E-state index in [1.54, 1.807) is 0 Å². The van der Waals surface area contributed by atoms with Crippen LogP contribution in [-0.4, -0.2) is 19.0 Å². The Morgan fingerprint density at radius 2 is 2.00 bits per heavy atom. The summed E-state index contributed by atoms with van der Waals surface area (Å²) in [5.74, 6) is 0. The Bertz CT molecular complexity index is 163. The van der Waals surface area contributed by atoms with Crippen molar-refractivity contribution in [2.24, 2.45) is 0 Å². The van der Waals surface area contributed by atoms with Gasteiger partial charge in [-0.3, -0.25) is 0 Å². The fourth-order valence-electron chi connectivity index (χ4n) is 1.71. The standard InChI is InChI=1S/C11H21O3.BrH.Hg/c1-3-4-5-6-7-8-11-12-9-10(2)13-14-11;;/h10-11H,2-9H2,1H3;1H;/q;;+1/p-1. The summed E-state index contributed by atoms with van der Waals surface area (Å²) in [6, 6.07) is 0. The molecule has 92 valence electrons. The number of ether oxygens (including phenoxy) is 1. The summed E-state index contributed by atoms with van der Waals surface area (Å²) < 4.78 is 6.77. The third-order valence-corrected chi connectivity index (χ3v) is 10.1. The van der Waals surface area contributed by atoms with Gasteiger partial charge in [0.05, 0.1) is 0 Å². The second-order valence-corrected chi connectivity index (χ2v) is 14.9. The summed E-state index contributed by atoms with van der Waals surface area (Å²) in [7, 11) is 0. The molecule has 1 aliphatic rings. The van der Waals surface area contributed by atoms with E-state index in [0.29, 0.717) is 6.61 Å². The predicted molar refractivity (Wildman–Crippen MR) is 62.8 cm³/mol. The summed E-state index contributed by atoms with van der Waals surface area (Å²) in [4.78, 5) is 10.6. The Hall–Kier alpha value is 1.30. The predicted octanol–water partition coefficient (Wildman–Crippen LogP) is 3.83. The molecule has 1 saturated heterocycles. The van der Waals surface area contributed by atoms with Crippen LogP contribution in [0.4, 0.5) is 0 Å². The molecule has 1 aliphatic heterocycles. The van der Waals surface area contributed by atoms with E-state index in [1.807, 2.05) is 0 Å². The molecule has 0 amide bonds. The molecule has 0 saturated carbocycles. The molecule has 0 aromatic carbocycles. The SMILES string of the molecule is CCCCCCCC1OCC([CH2][Hg][Br])OO1. The van der Waals surface area contributed by atoms with Gasteiger partial charge in [0.2, 0.25) is 0 Å². The molecule has 1 fully saturated rings. The first kappa shape index (κ1) is 15.4. The third-order valence-electron chi connectivity index (χ3n) is 2.74. The molecule has 0 aromatic heterocycles. The van der Waals surface area contributed by atoms with Crippen molar-refractivity contribution >= 4 is 11.9 Å². The van der Waals surface area contributed by atoms with Gasteiger partial charge in [-0.25, -0.2) is 0 Å². The molecule has 0 aromatic rings. The Labute approximate surface area is 116 Å². The number of hydrogen-bond donors (Lipinski definition) is 0. The minimum atomic E-state index is -0.787. The van der Waals surface area contributed by atoms with Gasteiger partial charge < -0.3 is 0 Å². The fourth-order valence-corrected chi connectivity index (χ4v) is 8.16. The maximum absolute atomic E-state index is 5.62. The van der Waals surface area contributed by atoms with Crippen molar-refractivity contribution < 1.29 is 36.7 Å². The second kappa shape index (κ2) is 10.2. The number of rotatable bonds is 8. The van der Waals surface area contributed by atoms with Crippen molar-refractivity contribution in [3.8, 4) is 0 Å². The van der Waals surface area contributed by atoms with Gasteiger partial charge in [-0.15, -0.1) is 0 Å². The molecule has 0 aliphatic carbocycles. The molecular formula is C11H21BrHgO3. The quantitative estimate of drug-likeness (QED) is 0.300. The van der Waals surface area contributed by atoms with Crippen LogP contribution in [-0.2, 0) is 36.7 Å². The Kier molecular flexibility index (Phi) is 9.83. The normalized spacial score (nSPS) is 25.4. The van der Waals surface area contributed by atoms with Crippen molar-refractivity contribution in [2.75, 3.05) is 6.61 Å². The molecule has 2 unspecified atom stereocenters. The van der Waals surface area contributed by atoms with Crippen LogP contribution in [0.3, 0.4) is 0 Å². The molecule has 1 rings (SSSR count). The van der Waals surface area contributed by atoms with Crippen LogP contribution < -0.4 is 0 Å². The summed E-state index contributed by atoms with van der Waals surface area (Å²) in [6.45, 7) is 2.95. The van der Waals surface area contributed by atoms with Crippen molar-refractivity contribution in [2.45, 2.75) is 61.8 Å². The van der Waals surface area contributed by atoms with Crippen LogP contribution in [0.1, 0.15) is 45.4 Å². The Morgan fingerprint density at radius 1 is 1.19 bits per heavy atom. The number of unbranched alkanes of at least 4 members (excludes halogenated alkanes) is 4. The fraction of sp³-hybridized carbons (Fsp3) is 1.00. The first-order valence-electron chi connectivity index (χ1n) is 6.36. The first-order valence-corrected chi connectivity index (χ1v) is 22.2. The van der Waals surface area contributed by atoms with Gasteiger partial charge in [-0.1, -0.05) is 0 Å². The van der Waals surface area contributed by atoms with Gasteiger partial charge in [0.25, 0.3) is 0 Å². The Morgan fingerprint density at radius 3 is 2.62 bits per heavy atom. The summed E-state index contributed by atoms with van der Waals surface area (Å²) in [6.07, 6.45) is 7.45. The molecule has 1 heterocycles. The second-order valence-electron chi connectivity index (χ2n) is 4.26. The van der Waals surface area contributed by atoms with Crippen LogP contribution in [0.15, 0.2) is 0 Å². The molecule has 2 atom stereocenters. The average molecular weight is 482 g/mol. The zero-order valence-corrected chi connectivity index (χ0v) is 17.2. The zero-order valence-electron chi connectivity index (χ0n) is 10.1. The molecule has 5 heteroatoms. The molecule has 0 radical (unpaired) electrons. The van der Waals surface area contributed by atoms with Crippen molar-refractivity contribution in [1.82, 2.24) is 0 Å². The molecule has 16 heavy (non-hydrogen) atoms. The Balaban J connectivity index is 1.95. The van der Waals surface area contributed by atoms with E-state index in [4.69, 9.17) is 14.5 Å². The van der Waals surface area contributed by atoms with Gasteiger partial charge in [-0.2, -0.15) is 0 Å². The van der Waals surface area contributed by atoms with E-state index in [2.05, 4.69) is 18.8 Å². The minimum absolute atomic E-state index is 0.120. The average Bonchev–Trinajstić information content (AvgIpc) is 2.31. The van der Waals surface area contributed by atoms with E-state index in [1.165, 1.54) is 32.1 Å². The van der Waals surface area contributed by atoms with Crippen molar-refractivity contribution in [3.05, 3.63) is 0 Å². The van der Waals surface area contributed by atoms with Crippen LogP contribution >= 0.6 is 11.9 Å². The monoisotopic (exact) mass is 482 g/mol. The van der Waals surface area contributed by atoms with Gasteiger partial charge >= 0.3 is 117 Å². The van der Waals surface area contributed by atoms with Gasteiger partial charge in [-0.05, 0) is 0 Å². The van der Waals surface area contributed by atoms with E-state index in [-0.39, 0.29) is 12.4 Å². The van der Waals surface area contributed by atoms with Crippen molar-refractivity contribution in [1.29, 1.82) is 0 Å².